The molecule has 2 aliphatic heterocycles. The number of methoxy groups -OCH3 is 1. The number of hydrogen-bond acceptors (Lipinski definition) is 6. The van der Waals surface area contributed by atoms with E-state index < -0.39 is 22.9 Å². The van der Waals surface area contributed by atoms with Gasteiger partial charge in [0, 0.05) is 32.6 Å². The Morgan fingerprint density at radius 1 is 1.15 bits per heavy atom. The van der Waals surface area contributed by atoms with Gasteiger partial charge in [-0.1, -0.05) is 42.5 Å². The van der Waals surface area contributed by atoms with E-state index in [0.717, 1.165) is 16.9 Å². The number of rotatable bonds is 9. The zero-order valence-electron chi connectivity index (χ0n) is 23.3. The number of benzene rings is 2. The summed E-state index contributed by atoms with van der Waals surface area (Å²) in [5.74, 6) is 0.0710. The highest BCUT2D eigenvalue weighted by atomic mass is 16.5. The maximum atomic E-state index is 13.9. The topological polar surface area (TPSA) is 114 Å². The van der Waals surface area contributed by atoms with Crippen LogP contribution < -0.4 is 15.8 Å². The maximum absolute atomic E-state index is 13.9. The van der Waals surface area contributed by atoms with Crippen LogP contribution in [0.2, 0.25) is 0 Å². The highest BCUT2D eigenvalue weighted by molar-refractivity contribution is 5.92. The largest absolute Gasteiger partial charge is 0.497 e. The van der Waals surface area contributed by atoms with Crippen LogP contribution in [0, 0.1) is 5.41 Å². The van der Waals surface area contributed by atoms with Crippen LogP contribution in [-0.2, 0) is 25.7 Å². The number of likely N-dealkylation sites (tertiary alicyclic amines) is 2. The first-order valence-corrected chi connectivity index (χ1v) is 13.4. The van der Waals surface area contributed by atoms with Crippen molar-refractivity contribution in [2.75, 3.05) is 40.4 Å². The average molecular weight is 537 g/mol. The third-order valence-corrected chi connectivity index (χ3v) is 7.83. The van der Waals surface area contributed by atoms with Crippen molar-refractivity contribution < 1.29 is 23.9 Å². The lowest BCUT2D eigenvalue weighted by Gasteiger charge is -2.43. The van der Waals surface area contributed by atoms with Gasteiger partial charge in [0.05, 0.1) is 31.3 Å². The number of carbonyl (C=O) groups excluding carboxylic acids is 3. The molecule has 2 aromatic carbocycles. The lowest BCUT2D eigenvalue weighted by molar-refractivity contribution is -0.147. The van der Waals surface area contributed by atoms with E-state index in [0.29, 0.717) is 32.5 Å². The van der Waals surface area contributed by atoms with Crippen LogP contribution in [-0.4, -0.2) is 79.5 Å². The van der Waals surface area contributed by atoms with Crippen molar-refractivity contribution in [1.82, 2.24) is 15.1 Å². The molecule has 1 spiro atoms. The molecule has 39 heavy (non-hydrogen) atoms. The highest BCUT2D eigenvalue weighted by Crippen LogP contribution is 2.49. The van der Waals surface area contributed by atoms with E-state index in [1.807, 2.05) is 49.5 Å². The van der Waals surface area contributed by atoms with Gasteiger partial charge in [0.15, 0.2) is 0 Å². The summed E-state index contributed by atoms with van der Waals surface area (Å²) in [6.07, 6.45) is 1.41. The molecule has 3 atom stereocenters. The smallest absolute Gasteiger partial charge is 0.247 e. The Morgan fingerprint density at radius 2 is 1.85 bits per heavy atom. The van der Waals surface area contributed by atoms with E-state index in [9.17, 15) is 14.4 Å². The lowest BCUT2D eigenvalue weighted by atomic mass is 9.69. The quantitative estimate of drug-likeness (QED) is 0.508. The van der Waals surface area contributed by atoms with Gasteiger partial charge in [-0.05, 0) is 49.9 Å². The van der Waals surface area contributed by atoms with E-state index in [4.69, 9.17) is 15.2 Å². The molecule has 3 N–H and O–H groups in total. The van der Waals surface area contributed by atoms with Gasteiger partial charge in [0.25, 0.3) is 0 Å². The molecule has 0 unspecified atom stereocenters. The molecule has 2 fully saturated rings. The van der Waals surface area contributed by atoms with Crippen molar-refractivity contribution in [2.24, 2.45) is 11.1 Å². The minimum absolute atomic E-state index is 0.0193. The number of carbonyl (C=O) groups is 3. The molecule has 2 saturated heterocycles. The minimum atomic E-state index is -1.17. The molecule has 2 aromatic rings. The van der Waals surface area contributed by atoms with Crippen LogP contribution in [0.1, 0.15) is 43.7 Å². The van der Waals surface area contributed by atoms with Crippen LogP contribution in [0.4, 0.5) is 0 Å². The van der Waals surface area contributed by atoms with Gasteiger partial charge in [-0.25, -0.2) is 0 Å². The van der Waals surface area contributed by atoms with Crippen LogP contribution in [0.5, 0.6) is 5.75 Å². The predicted molar refractivity (Wildman–Crippen MR) is 148 cm³/mol. The first kappa shape index (κ1) is 28.6. The number of hydrogen-bond donors (Lipinski definition) is 2. The molecule has 4 rings (SSSR count). The molecule has 0 radical (unpaired) electrons. The Bertz CT molecular complexity index is 1160. The van der Waals surface area contributed by atoms with Gasteiger partial charge >= 0.3 is 0 Å². The predicted octanol–water partition coefficient (Wildman–Crippen LogP) is 2.30. The first-order valence-electron chi connectivity index (χ1n) is 13.4. The molecule has 3 amide bonds. The standard InChI is InChI=1S/C30H40N4O5/c1-29(2,31)27(36)32-25(19-39-18-21-11-13-23(38-4)14-12-21)26(35)34-16-8-15-30(20-34)24(17-33(3)28(30)37)22-9-6-5-7-10-22/h5-7,9-14,24-25H,8,15-20,31H2,1-4H3,(H,32,36)/t24-,25+,30-/m0/s1. The normalized spacial score (nSPS) is 22.2. The summed E-state index contributed by atoms with van der Waals surface area (Å²) >= 11 is 0. The van der Waals surface area contributed by atoms with E-state index >= 15 is 0 Å². The Kier molecular flexibility index (Phi) is 8.61. The van der Waals surface area contributed by atoms with Gasteiger partial charge < -0.3 is 30.3 Å². The fraction of sp³-hybridized carbons (Fsp3) is 0.500. The summed E-state index contributed by atoms with van der Waals surface area (Å²) in [4.78, 5) is 43.8. The Morgan fingerprint density at radius 3 is 2.49 bits per heavy atom. The molecule has 9 nitrogen and oxygen atoms in total. The van der Waals surface area contributed by atoms with Gasteiger partial charge in [0.1, 0.15) is 11.8 Å². The Balaban J connectivity index is 1.52. The van der Waals surface area contributed by atoms with Gasteiger partial charge in [-0.3, -0.25) is 14.4 Å². The highest BCUT2D eigenvalue weighted by Gasteiger charge is 2.55. The number of piperidine rings is 1. The summed E-state index contributed by atoms with van der Waals surface area (Å²) in [5, 5.41) is 2.80. The van der Waals surface area contributed by atoms with E-state index in [1.165, 1.54) is 0 Å². The van der Waals surface area contributed by atoms with Crippen LogP contribution in [0.3, 0.4) is 0 Å². The molecule has 0 bridgehead atoms. The van der Waals surface area contributed by atoms with Crippen molar-refractivity contribution >= 4 is 17.7 Å². The Labute approximate surface area is 230 Å². The molecular weight excluding hydrogens is 496 g/mol. The molecule has 2 heterocycles. The number of ether oxygens (including phenoxy) is 2. The van der Waals surface area contributed by atoms with Gasteiger partial charge in [-0.2, -0.15) is 0 Å². The van der Waals surface area contributed by atoms with Crippen molar-refractivity contribution in [3.8, 4) is 5.75 Å². The molecule has 9 heteroatoms. The molecule has 2 aliphatic rings. The fourth-order valence-electron chi connectivity index (χ4n) is 5.66. The number of nitrogens with zero attached hydrogens (tertiary/aromatic N) is 2. The summed E-state index contributed by atoms with van der Waals surface area (Å²) < 4.78 is 11.1. The van der Waals surface area contributed by atoms with Crippen LogP contribution in [0.25, 0.3) is 0 Å². The van der Waals surface area contributed by atoms with E-state index in [1.54, 1.807) is 30.8 Å². The van der Waals surface area contributed by atoms with E-state index in [2.05, 4.69) is 17.4 Å². The van der Waals surface area contributed by atoms with Crippen molar-refractivity contribution in [1.29, 1.82) is 0 Å². The zero-order chi connectivity index (χ0) is 28.2. The van der Waals surface area contributed by atoms with Crippen LogP contribution in [0.15, 0.2) is 54.6 Å². The number of amides is 3. The molecule has 210 valence electrons. The van der Waals surface area contributed by atoms with Crippen molar-refractivity contribution in [3.63, 3.8) is 0 Å². The van der Waals surface area contributed by atoms with Crippen molar-refractivity contribution in [3.05, 3.63) is 65.7 Å². The van der Waals surface area contributed by atoms with E-state index in [-0.39, 0.29) is 30.9 Å². The summed E-state index contributed by atoms with van der Waals surface area (Å²) in [7, 11) is 3.43. The number of nitrogens with two attached hydrogens (primary N) is 1. The van der Waals surface area contributed by atoms with Crippen molar-refractivity contribution in [2.45, 2.75) is 50.8 Å². The number of likely N-dealkylation sites (N-methyl/N-ethyl adjacent to an activating group) is 1. The molecular formula is C30H40N4O5. The lowest BCUT2D eigenvalue weighted by Crippen LogP contribution is -2.60. The second kappa shape index (κ2) is 11.8. The number of nitrogens with one attached hydrogen (secondary N) is 1. The molecule has 0 aromatic heterocycles. The fourth-order valence-corrected chi connectivity index (χ4v) is 5.66. The molecule has 0 aliphatic carbocycles. The zero-order valence-corrected chi connectivity index (χ0v) is 23.3. The SMILES string of the molecule is COc1ccc(COC[C@@H](NC(=O)C(C)(C)N)C(=O)N2CCC[C@@]3(C2)C(=O)N(C)C[C@H]3c2ccccc2)cc1. The minimum Gasteiger partial charge on any atom is -0.497 e. The maximum Gasteiger partial charge on any atom is 0.247 e. The third kappa shape index (κ3) is 6.25. The monoisotopic (exact) mass is 536 g/mol. The summed E-state index contributed by atoms with van der Waals surface area (Å²) in [5.41, 5.74) is 6.17. The first-order chi connectivity index (χ1) is 18.5. The summed E-state index contributed by atoms with van der Waals surface area (Å²) in [6, 6.07) is 16.6. The van der Waals surface area contributed by atoms with Gasteiger partial charge in [0.2, 0.25) is 17.7 Å². The Hall–Kier alpha value is -3.43. The van der Waals surface area contributed by atoms with Crippen LogP contribution >= 0.6 is 0 Å². The molecule has 0 saturated carbocycles. The third-order valence-electron chi connectivity index (χ3n) is 7.83. The van der Waals surface area contributed by atoms with Gasteiger partial charge in [-0.15, -0.1) is 0 Å². The second-order valence-electron chi connectivity index (χ2n) is 11.3. The second-order valence-corrected chi connectivity index (χ2v) is 11.3. The summed E-state index contributed by atoms with van der Waals surface area (Å²) in [6.45, 7) is 4.84. The average Bonchev–Trinajstić information content (AvgIpc) is 3.17.